The second-order valence-electron chi connectivity index (χ2n) is 5.76. The summed E-state index contributed by atoms with van der Waals surface area (Å²) in [6.07, 6.45) is 2.45. The fourth-order valence-corrected chi connectivity index (χ4v) is 2.85. The molecule has 1 aliphatic heterocycles. The smallest absolute Gasteiger partial charge is 0.142 e. The molecule has 1 heterocycles. The molecule has 0 unspecified atom stereocenters. The molecule has 0 bridgehead atoms. The van der Waals surface area contributed by atoms with Gasteiger partial charge in [-0.25, -0.2) is 0 Å². The number of rotatable bonds is 4. The van der Waals surface area contributed by atoms with Crippen LogP contribution in [-0.4, -0.2) is 31.6 Å². The van der Waals surface area contributed by atoms with Gasteiger partial charge in [-0.15, -0.1) is 0 Å². The predicted molar refractivity (Wildman–Crippen MR) is 80.4 cm³/mol. The van der Waals surface area contributed by atoms with Crippen LogP contribution in [0.5, 0.6) is 5.75 Å². The van der Waals surface area contributed by atoms with Gasteiger partial charge in [0.25, 0.3) is 0 Å². The Morgan fingerprint density at radius 1 is 1.32 bits per heavy atom. The van der Waals surface area contributed by atoms with Crippen LogP contribution in [-0.2, 0) is 0 Å². The Morgan fingerprint density at radius 2 is 2.00 bits per heavy atom. The lowest BCUT2D eigenvalue weighted by Gasteiger charge is -2.33. The molecular weight excluding hydrogens is 236 g/mol. The summed E-state index contributed by atoms with van der Waals surface area (Å²) in [5.74, 6) is 2.94. The zero-order valence-electron chi connectivity index (χ0n) is 12.3. The third kappa shape index (κ3) is 3.63. The number of anilines is 1. The first kappa shape index (κ1) is 14.2. The summed E-state index contributed by atoms with van der Waals surface area (Å²) in [6, 6.07) is 6.22. The van der Waals surface area contributed by atoms with E-state index >= 15 is 0 Å². The number of nitrogens with two attached hydrogens (primary N) is 1. The van der Waals surface area contributed by atoms with Crippen molar-refractivity contribution < 1.29 is 4.74 Å². The number of nitrogens with zero attached hydrogens (tertiary/aromatic N) is 1. The summed E-state index contributed by atoms with van der Waals surface area (Å²) in [5.41, 5.74) is 7.96. The topological polar surface area (TPSA) is 38.5 Å². The lowest BCUT2D eigenvalue weighted by atomic mass is 9.89. The molecule has 1 saturated heterocycles. The highest BCUT2D eigenvalue weighted by molar-refractivity contribution is 5.54. The molecule has 2 N–H and O–H groups in total. The number of hydrogen-bond acceptors (Lipinski definition) is 3. The predicted octanol–water partition coefficient (Wildman–Crippen LogP) is 3.07. The monoisotopic (exact) mass is 261 g/mol. The Bertz CT molecular complexity index is 409. The van der Waals surface area contributed by atoms with Gasteiger partial charge in [-0.2, -0.15) is 0 Å². The Morgan fingerprint density at radius 3 is 2.58 bits per heavy atom. The fourth-order valence-electron chi connectivity index (χ4n) is 2.85. The van der Waals surface area contributed by atoms with Crippen molar-refractivity contribution in [2.75, 3.05) is 32.5 Å². The van der Waals surface area contributed by atoms with E-state index < -0.39 is 0 Å². The molecule has 0 saturated carbocycles. The number of likely N-dealkylation sites (tertiary alicyclic amines) is 1. The summed E-state index contributed by atoms with van der Waals surface area (Å²) in [7, 11) is 1.68. The summed E-state index contributed by atoms with van der Waals surface area (Å²) >= 11 is 0. The molecule has 2 rings (SSSR count). The van der Waals surface area contributed by atoms with Gasteiger partial charge < -0.3 is 15.4 Å². The summed E-state index contributed by atoms with van der Waals surface area (Å²) in [6.45, 7) is 7.91. The maximum atomic E-state index is 5.87. The quantitative estimate of drug-likeness (QED) is 0.847. The fraction of sp³-hybridized carbons (Fsp3) is 0.562. The van der Waals surface area contributed by atoms with Crippen LogP contribution in [0.15, 0.2) is 18.2 Å². The largest absolute Gasteiger partial charge is 0.495 e. The minimum atomic E-state index is 0.642. The minimum Gasteiger partial charge on any atom is -0.495 e. The van der Waals surface area contributed by atoms with Crippen LogP contribution in [0.3, 0.4) is 0 Å². The molecule has 0 amide bonds. The van der Waals surface area contributed by atoms with Gasteiger partial charge in [0.05, 0.1) is 12.8 Å². The highest BCUT2D eigenvalue weighted by atomic mass is 16.5. The molecular formula is C16H25N2O. The molecule has 105 valence electrons. The van der Waals surface area contributed by atoms with Crippen molar-refractivity contribution in [3.05, 3.63) is 29.7 Å². The van der Waals surface area contributed by atoms with Gasteiger partial charge in [0.2, 0.25) is 0 Å². The molecule has 1 radical (unpaired) electrons. The van der Waals surface area contributed by atoms with Crippen molar-refractivity contribution in [2.45, 2.75) is 32.6 Å². The molecule has 0 atom stereocenters. The van der Waals surface area contributed by atoms with E-state index in [4.69, 9.17) is 10.5 Å². The number of hydrogen-bond donors (Lipinski definition) is 1. The molecule has 0 spiro atoms. The van der Waals surface area contributed by atoms with Crippen molar-refractivity contribution in [2.24, 2.45) is 0 Å². The second kappa shape index (κ2) is 6.29. The van der Waals surface area contributed by atoms with Crippen LogP contribution in [0.1, 0.15) is 38.2 Å². The summed E-state index contributed by atoms with van der Waals surface area (Å²) in [4.78, 5) is 2.54. The molecule has 19 heavy (non-hydrogen) atoms. The number of piperidine rings is 1. The zero-order valence-corrected chi connectivity index (χ0v) is 12.3. The lowest BCUT2D eigenvalue weighted by Crippen LogP contribution is -2.35. The van der Waals surface area contributed by atoms with Gasteiger partial charge in [0.15, 0.2) is 0 Å². The van der Waals surface area contributed by atoms with Gasteiger partial charge in [-0.05, 0) is 55.5 Å². The Labute approximate surface area is 116 Å². The Kier molecular flexibility index (Phi) is 4.70. The van der Waals surface area contributed by atoms with Crippen LogP contribution in [0.2, 0.25) is 0 Å². The van der Waals surface area contributed by atoms with E-state index in [2.05, 4.69) is 30.9 Å². The van der Waals surface area contributed by atoms with Gasteiger partial charge >= 0.3 is 0 Å². The van der Waals surface area contributed by atoms with Crippen LogP contribution in [0.25, 0.3) is 0 Å². The number of nitrogen functional groups attached to an aromatic ring is 1. The zero-order chi connectivity index (χ0) is 13.8. The van der Waals surface area contributed by atoms with Gasteiger partial charge in [0, 0.05) is 6.54 Å². The first-order chi connectivity index (χ1) is 9.10. The van der Waals surface area contributed by atoms with E-state index in [1.807, 2.05) is 6.07 Å². The highest BCUT2D eigenvalue weighted by Gasteiger charge is 2.21. The van der Waals surface area contributed by atoms with Gasteiger partial charge in [-0.3, -0.25) is 0 Å². The Balaban J connectivity index is 1.97. The van der Waals surface area contributed by atoms with E-state index in [-0.39, 0.29) is 0 Å². The second-order valence-corrected chi connectivity index (χ2v) is 5.76. The van der Waals surface area contributed by atoms with Crippen LogP contribution >= 0.6 is 0 Å². The van der Waals surface area contributed by atoms with Crippen LogP contribution in [0, 0.1) is 5.92 Å². The lowest BCUT2D eigenvalue weighted by molar-refractivity contribution is 0.220. The maximum Gasteiger partial charge on any atom is 0.142 e. The molecule has 1 aliphatic rings. The standard InChI is InChI=1S/C16H25N2O/c1-12(2)11-18-8-6-13(7-9-18)14-4-5-15(17)16(10-14)19-3/h4-5,10,13H,6-9,11,17H2,1-3H3. The average molecular weight is 261 g/mol. The highest BCUT2D eigenvalue weighted by Crippen LogP contribution is 2.32. The average Bonchev–Trinajstić information content (AvgIpc) is 2.40. The SMILES string of the molecule is COc1cc(C2CCN(C[C](C)C)CC2)ccc1N. The molecule has 0 aliphatic carbocycles. The normalized spacial score (nSPS) is 17.9. The van der Waals surface area contributed by atoms with Gasteiger partial charge in [0.1, 0.15) is 5.75 Å². The van der Waals surface area contributed by atoms with E-state index in [0.717, 1.165) is 18.0 Å². The first-order valence-corrected chi connectivity index (χ1v) is 7.05. The van der Waals surface area contributed by atoms with Crippen molar-refractivity contribution in [3.63, 3.8) is 0 Å². The van der Waals surface area contributed by atoms with Crippen LogP contribution < -0.4 is 10.5 Å². The van der Waals surface area contributed by atoms with E-state index in [9.17, 15) is 0 Å². The number of methoxy groups -OCH3 is 1. The van der Waals surface area contributed by atoms with Crippen molar-refractivity contribution in [3.8, 4) is 5.75 Å². The third-order valence-corrected chi connectivity index (χ3v) is 3.86. The summed E-state index contributed by atoms with van der Waals surface area (Å²) in [5, 5.41) is 0. The van der Waals surface area contributed by atoms with Crippen molar-refractivity contribution in [1.29, 1.82) is 0 Å². The molecule has 1 aromatic rings. The van der Waals surface area contributed by atoms with Crippen molar-refractivity contribution >= 4 is 5.69 Å². The molecule has 1 aromatic carbocycles. The third-order valence-electron chi connectivity index (χ3n) is 3.86. The number of benzene rings is 1. The van der Waals surface area contributed by atoms with E-state index in [0.29, 0.717) is 5.92 Å². The van der Waals surface area contributed by atoms with Gasteiger partial charge in [-0.1, -0.05) is 19.9 Å². The summed E-state index contributed by atoms with van der Waals surface area (Å²) < 4.78 is 5.31. The first-order valence-electron chi connectivity index (χ1n) is 7.05. The van der Waals surface area contributed by atoms with E-state index in [1.165, 1.54) is 37.4 Å². The molecule has 3 nitrogen and oxygen atoms in total. The van der Waals surface area contributed by atoms with E-state index in [1.54, 1.807) is 7.11 Å². The van der Waals surface area contributed by atoms with Crippen LogP contribution in [0.4, 0.5) is 5.69 Å². The minimum absolute atomic E-state index is 0.642. The number of ether oxygens (including phenoxy) is 1. The Hall–Kier alpha value is -1.22. The molecule has 1 fully saturated rings. The maximum absolute atomic E-state index is 5.87. The van der Waals surface area contributed by atoms with Crippen molar-refractivity contribution in [1.82, 2.24) is 4.90 Å². The molecule has 0 aromatic heterocycles. The molecule has 3 heteroatoms.